The van der Waals surface area contributed by atoms with Gasteiger partial charge >= 0.3 is 0 Å². The number of rotatable bonds is 6. The number of hydrogen-bond donors (Lipinski definition) is 0. The molecule has 3 heterocycles. The van der Waals surface area contributed by atoms with Gasteiger partial charge in [0, 0.05) is 44.0 Å². The second-order valence-electron chi connectivity index (χ2n) is 6.68. The lowest BCUT2D eigenvalue weighted by molar-refractivity contribution is -0.137. The number of aromatic nitrogens is 4. The van der Waals surface area contributed by atoms with Gasteiger partial charge in [-0.3, -0.25) is 9.69 Å². The van der Waals surface area contributed by atoms with E-state index in [2.05, 4.69) is 37.9 Å². The Morgan fingerprint density at radius 3 is 2.56 bits per heavy atom. The third-order valence-corrected chi connectivity index (χ3v) is 5.75. The zero-order valence-electron chi connectivity index (χ0n) is 15.0. The number of thiophene rings is 1. The summed E-state index contributed by atoms with van der Waals surface area (Å²) in [6.07, 6.45) is 2.11. The predicted octanol–water partition coefficient (Wildman–Crippen LogP) is 1.86. The van der Waals surface area contributed by atoms with Crippen molar-refractivity contribution in [2.75, 3.05) is 26.2 Å². The minimum absolute atomic E-state index is 0.0851. The van der Waals surface area contributed by atoms with Gasteiger partial charge in [-0.05, 0) is 27.4 Å². The molecular formula is C19H22N6OS. The van der Waals surface area contributed by atoms with Crippen LogP contribution in [0.5, 0.6) is 0 Å². The summed E-state index contributed by atoms with van der Waals surface area (Å²) >= 11 is 1.78. The zero-order valence-corrected chi connectivity index (χ0v) is 15.8. The van der Waals surface area contributed by atoms with Crippen LogP contribution in [0.1, 0.15) is 16.5 Å². The van der Waals surface area contributed by atoms with Gasteiger partial charge in [0.15, 0.2) is 0 Å². The third-order valence-electron chi connectivity index (χ3n) is 4.88. The van der Waals surface area contributed by atoms with Crippen molar-refractivity contribution in [3.05, 3.63) is 64.6 Å². The molecule has 1 aromatic carbocycles. The Balaban J connectivity index is 1.41. The number of carbonyl (C=O) groups excluding carboxylic acids is 1. The van der Waals surface area contributed by atoms with Gasteiger partial charge in [0.1, 0.15) is 12.4 Å². The highest BCUT2D eigenvalue weighted by molar-refractivity contribution is 7.09. The van der Waals surface area contributed by atoms with Crippen LogP contribution in [0, 0.1) is 0 Å². The zero-order chi connectivity index (χ0) is 18.5. The van der Waals surface area contributed by atoms with Gasteiger partial charge in [0.2, 0.25) is 5.91 Å². The quantitative estimate of drug-likeness (QED) is 0.651. The number of tetrazole rings is 1. The van der Waals surface area contributed by atoms with Gasteiger partial charge in [-0.15, -0.1) is 16.4 Å². The van der Waals surface area contributed by atoms with Crippen molar-refractivity contribution in [3.8, 4) is 0 Å². The molecule has 1 aliphatic heterocycles. The SMILES string of the molecule is O=C(C(Cc1ccccc1)n1cnnn1)N1CCN(Cc2cccs2)CC1. The van der Waals surface area contributed by atoms with Crippen LogP contribution in [0.25, 0.3) is 0 Å². The van der Waals surface area contributed by atoms with Crippen molar-refractivity contribution in [3.63, 3.8) is 0 Å². The molecule has 0 saturated carbocycles. The fraction of sp³-hybridized carbons (Fsp3) is 0.368. The van der Waals surface area contributed by atoms with Gasteiger partial charge in [-0.1, -0.05) is 36.4 Å². The van der Waals surface area contributed by atoms with E-state index in [1.807, 2.05) is 35.2 Å². The average Bonchev–Trinajstić information content (AvgIpc) is 3.41. The van der Waals surface area contributed by atoms with E-state index >= 15 is 0 Å². The normalized spacial score (nSPS) is 16.4. The molecule has 0 bridgehead atoms. The number of piperazine rings is 1. The fourth-order valence-corrected chi connectivity index (χ4v) is 4.15. The van der Waals surface area contributed by atoms with Crippen LogP contribution in [-0.2, 0) is 17.8 Å². The summed E-state index contributed by atoms with van der Waals surface area (Å²) in [4.78, 5) is 18.9. The Labute approximate surface area is 162 Å². The highest BCUT2D eigenvalue weighted by atomic mass is 32.1. The molecule has 0 N–H and O–H groups in total. The molecular weight excluding hydrogens is 360 g/mol. The van der Waals surface area contributed by atoms with Crippen molar-refractivity contribution < 1.29 is 4.79 Å². The van der Waals surface area contributed by atoms with Crippen molar-refractivity contribution in [2.24, 2.45) is 0 Å². The molecule has 1 fully saturated rings. The molecule has 7 nitrogen and oxygen atoms in total. The molecule has 0 radical (unpaired) electrons. The first-order valence-corrected chi connectivity index (χ1v) is 9.97. The van der Waals surface area contributed by atoms with Crippen molar-refractivity contribution in [2.45, 2.75) is 19.0 Å². The second-order valence-corrected chi connectivity index (χ2v) is 7.71. The van der Waals surface area contributed by atoms with Crippen molar-refractivity contribution in [1.82, 2.24) is 30.0 Å². The Hall–Kier alpha value is -2.58. The first-order chi connectivity index (χ1) is 13.3. The van der Waals surface area contributed by atoms with E-state index in [1.54, 1.807) is 16.0 Å². The second kappa shape index (κ2) is 8.41. The molecule has 140 valence electrons. The smallest absolute Gasteiger partial charge is 0.248 e. The van der Waals surface area contributed by atoms with E-state index in [9.17, 15) is 4.79 Å². The molecule has 27 heavy (non-hydrogen) atoms. The summed E-state index contributed by atoms with van der Waals surface area (Å²) in [6.45, 7) is 4.20. The van der Waals surface area contributed by atoms with E-state index in [0.717, 1.165) is 38.3 Å². The number of benzene rings is 1. The molecule has 1 aliphatic rings. The lowest BCUT2D eigenvalue weighted by Crippen LogP contribution is -2.50. The summed E-state index contributed by atoms with van der Waals surface area (Å²) in [5.74, 6) is 0.0851. The van der Waals surface area contributed by atoms with Gasteiger partial charge in [0.25, 0.3) is 0 Å². The molecule has 0 spiro atoms. The summed E-state index contributed by atoms with van der Waals surface area (Å²) < 4.78 is 1.58. The minimum Gasteiger partial charge on any atom is -0.338 e. The first kappa shape index (κ1) is 17.8. The lowest BCUT2D eigenvalue weighted by Gasteiger charge is -2.36. The molecule has 1 atom stereocenters. The van der Waals surface area contributed by atoms with Crippen LogP contribution in [0.15, 0.2) is 54.2 Å². The summed E-state index contributed by atoms with van der Waals surface area (Å²) in [7, 11) is 0. The topological polar surface area (TPSA) is 67.2 Å². The molecule has 3 aromatic rings. The number of nitrogens with zero attached hydrogens (tertiary/aromatic N) is 6. The Kier molecular flexibility index (Phi) is 5.55. The van der Waals surface area contributed by atoms with E-state index in [1.165, 1.54) is 11.2 Å². The average molecular weight is 382 g/mol. The largest absolute Gasteiger partial charge is 0.338 e. The Morgan fingerprint density at radius 1 is 1.07 bits per heavy atom. The first-order valence-electron chi connectivity index (χ1n) is 9.09. The Bertz CT molecular complexity index is 828. The van der Waals surface area contributed by atoms with Crippen LogP contribution in [0.2, 0.25) is 0 Å². The van der Waals surface area contributed by atoms with Crippen molar-refractivity contribution >= 4 is 17.2 Å². The highest BCUT2D eigenvalue weighted by Gasteiger charge is 2.29. The maximum atomic E-state index is 13.2. The molecule has 4 rings (SSSR count). The molecule has 1 amide bonds. The molecule has 1 unspecified atom stereocenters. The highest BCUT2D eigenvalue weighted by Crippen LogP contribution is 2.19. The van der Waals surface area contributed by atoms with E-state index in [4.69, 9.17) is 0 Å². The van der Waals surface area contributed by atoms with Gasteiger partial charge in [-0.2, -0.15) is 0 Å². The number of hydrogen-bond acceptors (Lipinski definition) is 6. The van der Waals surface area contributed by atoms with Gasteiger partial charge in [-0.25, -0.2) is 4.68 Å². The fourth-order valence-electron chi connectivity index (χ4n) is 3.40. The molecule has 2 aromatic heterocycles. The maximum Gasteiger partial charge on any atom is 0.248 e. The molecule has 0 aliphatic carbocycles. The van der Waals surface area contributed by atoms with E-state index in [0.29, 0.717) is 6.42 Å². The van der Waals surface area contributed by atoms with Crippen LogP contribution in [-0.4, -0.2) is 62.1 Å². The minimum atomic E-state index is -0.411. The standard InChI is InChI=1S/C19H22N6OS/c26-19(24-10-8-23(9-11-24)14-17-7-4-12-27-17)18(25-15-20-21-22-25)13-16-5-2-1-3-6-16/h1-7,12,15,18H,8-11,13-14H2. The van der Waals surface area contributed by atoms with Crippen LogP contribution >= 0.6 is 11.3 Å². The van der Waals surface area contributed by atoms with Crippen molar-refractivity contribution in [1.29, 1.82) is 0 Å². The molecule has 1 saturated heterocycles. The van der Waals surface area contributed by atoms with Gasteiger partial charge in [0.05, 0.1) is 0 Å². The summed E-state index contributed by atoms with van der Waals surface area (Å²) in [6, 6.07) is 13.8. The number of carbonyl (C=O) groups is 1. The monoisotopic (exact) mass is 382 g/mol. The van der Waals surface area contributed by atoms with Crippen LogP contribution in [0.3, 0.4) is 0 Å². The third kappa shape index (κ3) is 4.40. The van der Waals surface area contributed by atoms with Crippen LogP contribution in [0.4, 0.5) is 0 Å². The summed E-state index contributed by atoms with van der Waals surface area (Å²) in [5.41, 5.74) is 1.10. The number of amides is 1. The van der Waals surface area contributed by atoms with E-state index < -0.39 is 6.04 Å². The van der Waals surface area contributed by atoms with Crippen LogP contribution < -0.4 is 0 Å². The Morgan fingerprint density at radius 2 is 1.89 bits per heavy atom. The predicted molar refractivity (Wildman–Crippen MR) is 103 cm³/mol. The molecule has 8 heteroatoms. The van der Waals surface area contributed by atoms with Gasteiger partial charge < -0.3 is 4.90 Å². The van der Waals surface area contributed by atoms with E-state index in [-0.39, 0.29) is 5.91 Å². The maximum absolute atomic E-state index is 13.2. The lowest BCUT2D eigenvalue weighted by atomic mass is 10.0. The summed E-state index contributed by atoms with van der Waals surface area (Å²) in [5, 5.41) is 13.5.